The van der Waals surface area contributed by atoms with Gasteiger partial charge < -0.3 is 11.1 Å². The quantitative estimate of drug-likeness (QED) is 0.700. The van der Waals surface area contributed by atoms with E-state index < -0.39 is 0 Å². The molecule has 1 rings (SSSR count). The van der Waals surface area contributed by atoms with E-state index in [1.165, 1.54) is 25.7 Å². The van der Waals surface area contributed by atoms with E-state index in [1.54, 1.807) is 0 Å². The first-order valence-electron chi connectivity index (χ1n) is 7.67. The summed E-state index contributed by atoms with van der Waals surface area (Å²) < 4.78 is 0. The van der Waals surface area contributed by atoms with Gasteiger partial charge in [-0.2, -0.15) is 0 Å². The van der Waals surface area contributed by atoms with Gasteiger partial charge in [0.05, 0.1) is 5.41 Å². The minimum absolute atomic E-state index is 0.195. The van der Waals surface area contributed by atoms with Crippen molar-refractivity contribution in [2.24, 2.45) is 17.1 Å². The largest absolute Gasteiger partial charge is 0.355 e. The van der Waals surface area contributed by atoms with Crippen LogP contribution in [-0.2, 0) is 4.79 Å². The molecule has 0 heterocycles. The molecule has 3 nitrogen and oxygen atoms in total. The molecule has 3 N–H and O–H groups in total. The lowest BCUT2D eigenvalue weighted by molar-refractivity contribution is -0.131. The van der Waals surface area contributed by atoms with E-state index in [4.69, 9.17) is 5.73 Å². The highest BCUT2D eigenvalue weighted by atomic mass is 16.2. The fourth-order valence-electron chi connectivity index (χ4n) is 3.25. The summed E-state index contributed by atoms with van der Waals surface area (Å²) in [5.74, 6) is 0.897. The summed E-state index contributed by atoms with van der Waals surface area (Å²) in [5, 5.41) is 3.17. The van der Waals surface area contributed by atoms with Gasteiger partial charge in [0, 0.05) is 13.1 Å². The number of carbonyl (C=O) groups is 1. The van der Waals surface area contributed by atoms with Gasteiger partial charge in [0.1, 0.15) is 0 Å². The Morgan fingerprint density at radius 3 is 2.22 bits per heavy atom. The summed E-state index contributed by atoms with van der Waals surface area (Å²) in [7, 11) is 0. The molecule has 0 aromatic heterocycles. The third kappa shape index (κ3) is 3.98. The lowest BCUT2D eigenvalue weighted by Gasteiger charge is -2.31. The van der Waals surface area contributed by atoms with Crippen LogP contribution in [0.5, 0.6) is 0 Å². The van der Waals surface area contributed by atoms with Crippen LogP contribution in [0.3, 0.4) is 0 Å². The molecule has 1 aliphatic carbocycles. The maximum Gasteiger partial charge on any atom is 0.227 e. The smallest absolute Gasteiger partial charge is 0.227 e. The van der Waals surface area contributed by atoms with E-state index >= 15 is 0 Å². The molecule has 0 unspecified atom stereocenters. The van der Waals surface area contributed by atoms with Crippen molar-refractivity contribution in [2.45, 2.75) is 65.2 Å². The van der Waals surface area contributed by atoms with Crippen LogP contribution in [0.2, 0.25) is 0 Å². The van der Waals surface area contributed by atoms with Crippen LogP contribution >= 0.6 is 0 Å². The molecule has 0 saturated heterocycles. The Balaban J connectivity index is 2.51. The lowest BCUT2D eigenvalue weighted by Crippen LogP contribution is -2.47. The molecule has 0 aromatic carbocycles. The highest BCUT2D eigenvalue weighted by Gasteiger charge is 2.35. The Bertz CT molecular complexity index is 241. The van der Waals surface area contributed by atoms with Crippen LogP contribution in [0.1, 0.15) is 65.2 Å². The molecule has 0 aromatic rings. The van der Waals surface area contributed by atoms with Crippen molar-refractivity contribution in [3.63, 3.8) is 0 Å². The third-order valence-electron chi connectivity index (χ3n) is 4.36. The van der Waals surface area contributed by atoms with Crippen LogP contribution < -0.4 is 11.1 Å². The minimum Gasteiger partial charge on any atom is -0.355 e. The Labute approximate surface area is 112 Å². The van der Waals surface area contributed by atoms with Crippen LogP contribution in [0.4, 0.5) is 0 Å². The standard InChI is InChI=1S/C15H30N2O/c1-3-9-15(12-16,10-4-2)14(18)17-11-13-7-5-6-8-13/h13H,3-12,16H2,1-2H3,(H,17,18). The van der Waals surface area contributed by atoms with Gasteiger partial charge in [-0.25, -0.2) is 0 Å². The minimum atomic E-state index is -0.317. The zero-order valence-corrected chi connectivity index (χ0v) is 12.1. The van der Waals surface area contributed by atoms with E-state index in [0.717, 1.165) is 32.2 Å². The zero-order valence-electron chi connectivity index (χ0n) is 12.1. The SMILES string of the molecule is CCCC(CN)(CCC)C(=O)NCC1CCCC1. The third-order valence-corrected chi connectivity index (χ3v) is 4.36. The summed E-state index contributed by atoms with van der Waals surface area (Å²) in [4.78, 5) is 12.4. The molecule has 1 fully saturated rings. The molecule has 0 aliphatic heterocycles. The molecule has 0 bridgehead atoms. The summed E-state index contributed by atoms with van der Waals surface area (Å²) in [6, 6.07) is 0. The topological polar surface area (TPSA) is 55.1 Å². The fourth-order valence-corrected chi connectivity index (χ4v) is 3.25. The van der Waals surface area contributed by atoms with Gasteiger partial charge in [0.2, 0.25) is 5.91 Å². The van der Waals surface area contributed by atoms with Crippen molar-refractivity contribution in [3.05, 3.63) is 0 Å². The molecule has 0 atom stereocenters. The average Bonchev–Trinajstić information content (AvgIpc) is 2.88. The van der Waals surface area contributed by atoms with Crippen molar-refractivity contribution in [2.75, 3.05) is 13.1 Å². The molecular weight excluding hydrogens is 224 g/mol. The number of hydrogen-bond donors (Lipinski definition) is 2. The second-order valence-electron chi connectivity index (χ2n) is 5.84. The Morgan fingerprint density at radius 2 is 1.78 bits per heavy atom. The number of carbonyl (C=O) groups excluding carboxylic acids is 1. The first-order chi connectivity index (χ1) is 8.68. The highest BCUT2D eigenvalue weighted by molar-refractivity contribution is 5.82. The Kier molecular flexibility index (Phi) is 6.69. The van der Waals surface area contributed by atoms with Crippen molar-refractivity contribution >= 4 is 5.91 Å². The Hall–Kier alpha value is -0.570. The zero-order chi connectivity index (χ0) is 13.4. The predicted octanol–water partition coefficient (Wildman–Crippen LogP) is 2.84. The number of rotatable bonds is 8. The summed E-state index contributed by atoms with van der Waals surface area (Å²) in [6.45, 7) is 5.59. The number of nitrogens with two attached hydrogens (primary N) is 1. The van der Waals surface area contributed by atoms with E-state index in [-0.39, 0.29) is 11.3 Å². The van der Waals surface area contributed by atoms with Crippen molar-refractivity contribution < 1.29 is 4.79 Å². The first-order valence-corrected chi connectivity index (χ1v) is 7.67. The average molecular weight is 254 g/mol. The van der Waals surface area contributed by atoms with E-state index in [9.17, 15) is 4.79 Å². The molecular formula is C15H30N2O. The van der Waals surface area contributed by atoms with Gasteiger partial charge in [-0.15, -0.1) is 0 Å². The summed E-state index contributed by atoms with van der Waals surface area (Å²) >= 11 is 0. The number of amides is 1. The second-order valence-corrected chi connectivity index (χ2v) is 5.84. The van der Waals surface area contributed by atoms with Crippen molar-refractivity contribution in [1.29, 1.82) is 0 Å². The summed E-state index contributed by atoms with van der Waals surface area (Å²) in [5.41, 5.74) is 5.59. The molecule has 1 aliphatic rings. The van der Waals surface area contributed by atoms with Gasteiger partial charge in [-0.1, -0.05) is 39.5 Å². The molecule has 106 valence electrons. The maximum absolute atomic E-state index is 12.4. The highest BCUT2D eigenvalue weighted by Crippen LogP contribution is 2.30. The predicted molar refractivity (Wildman–Crippen MR) is 76.3 cm³/mol. The van der Waals surface area contributed by atoms with Gasteiger partial charge in [0.25, 0.3) is 0 Å². The first kappa shape index (κ1) is 15.5. The van der Waals surface area contributed by atoms with Crippen LogP contribution in [0.15, 0.2) is 0 Å². The molecule has 18 heavy (non-hydrogen) atoms. The van der Waals surface area contributed by atoms with Crippen molar-refractivity contribution in [1.82, 2.24) is 5.32 Å². The van der Waals surface area contributed by atoms with Gasteiger partial charge in [-0.05, 0) is 31.6 Å². The van der Waals surface area contributed by atoms with Gasteiger partial charge >= 0.3 is 0 Å². The maximum atomic E-state index is 12.4. The summed E-state index contributed by atoms with van der Waals surface area (Å²) in [6.07, 6.45) is 9.07. The van der Waals surface area contributed by atoms with Crippen LogP contribution in [-0.4, -0.2) is 19.0 Å². The molecule has 1 saturated carbocycles. The van der Waals surface area contributed by atoms with Crippen LogP contribution in [0.25, 0.3) is 0 Å². The number of nitrogens with one attached hydrogen (secondary N) is 1. The Morgan fingerprint density at radius 1 is 1.22 bits per heavy atom. The van der Waals surface area contributed by atoms with Crippen molar-refractivity contribution in [3.8, 4) is 0 Å². The van der Waals surface area contributed by atoms with Crippen LogP contribution in [0, 0.1) is 11.3 Å². The molecule has 0 spiro atoms. The molecule has 0 radical (unpaired) electrons. The fraction of sp³-hybridized carbons (Fsp3) is 0.933. The van der Waals surface area contributed by atoms with Gasteiger partial charge in [-0.3, -0.25) is 4.79 Å². The molecule has 1 amide bonds. The monoisotopic (exact) mass is 254 g/mol. The lowest BCUT2D eigenvalue weighted by atomic mass is 9.78. The number of hydrogen-bond acceptors (Lipinski definition) is 2. The normalized spacial score (nSPS) is 17.1. The molecule has 3 heteroatoms. The van der Waals surface area contributed by atoms with E-state index in [2.05, 4.69) is 19.2 Å². The van der Waals surface area contributed by atoms with Gasteiger partial charge in [0.15, 0.2) is 0 Å². The van der Waals surface area contributed by atoms with E-state index in [0.29, 0.717) is 12.5 Å². The second kappa shape index (κ2) is 7.78. The van der Waals surface area contributed by atoms with E-state index in [1.807, 2.05) is 0 Å².